The number of halogens is 2. The SMILES string of the molecule is CCOC(=O)c1cc(-c2ccc(/C=C3\C(=O)N(c4cccc(Cl)c4)N=C3C)o2)ccc1Cl. The summed E-state index contributed by atoms with van der Waals surface area (Å²) in [6.07, 6.45) is 1.64. The second-order valence-corrected chi connectivity index (χ2v) is 7.80. The lowest BCUT2D eigenvalue weighted by Gasteiger charge is -2.11. The molecule has 0 saturated heterocycles. The molecule has 3 aromatic rings. The van der Waals surface area contributed by atoms with E-state index in [9.17, 15) is 9.59 Å². The highest BCUT2D eigenvalue weighted by Crippen LogP contribution is 2.30. The third-order valence-electron chi connectivity index (χ3n) is 4.77. The molecule has 1 aromatic heterocycles. The van der Waals surface area contributed by atoms with Crippen molar-refractivity contribution in [1.82, 2.24) is 0 Å². The molecule has 2 heterocycles. The Morgan fingerprint density at radius 2 is 1.97 bits per heavy atom. The van der Waals surface area contributed by atoms with Crippen molar-refractivity contribution in [3.63, 3.8) is 0 Å². The first kappa shape index (κ1) is 21.9. The van der Waals surface area contributed by atoms with Gasteiger partial charge >= 0.3 is 5.97 Å². The minimum Gasteiger partial charge on any atom is -0.462 e. The van der Waals surface area contributed by atoms with Crippen LogP contribution in [0.2, 0.25) is 10.0 Å². The number of nitrogens with zero attached hydrogens (tertiary/aromatic N) is 2. The summed E-state index contributed by atoms with van der Waals surface area (Å²) in [4.78, 5) is 25.0. The Morgan fingerprint density at radius 3 is 2.72 bits per heavy atom. The minimum atomic E-state index is -0.502. The Balaban J connectivity index is 1.61. The average molecular weight is 469 g/mol. The lowest BCUT2D eigenvalue weighted by Crippen LogP contribution is -2.21. The highest BCUT2D eigenvalue weighted by Gasteiger charge is 2.29. The molecule has 8 heteroatoms. The molecule has 0 fully saturated rings. The molecule has 32 heavy (non-hydrogen) atoms. The number of benzene rings is 2. The van der Waals surface area contributed by atoms with Crippen LogP contribution in [-0.2, 0) is 9.53 Å². The number of carbonyl (C=O) groups excluding carboxylic acids is 2. The first-order valence-corrected chi connectivity index (χ1v) is 10.6. The van der Waals surface area contributed by atoms with E-state index in [1.807, 2.05) is 0 Å². The van der Waals surface area contributed by atoms with E-state index in [2.05, 4.69) is 5.10 Å². The molecule has 1 amide bonds. The molecular weight excluding hydrogens is 451 g/mol. The van der Waals surface area contributed by atoms with Crippen molar-refractivity contribution in [1.29, 1.82) is 0 Å². The molecule has 2 aromatic carbocycles. The lowest BCUT2D eigenvalue weighted by molar-refractivity contribution is -0.114. The van der Waals surface area contributed by atoms with Crippen molar-refractivity contribution >= 4 is 52.6 Å². The van der Waals surface area contributed by atoms with Crippen molar-refractivity contribution in [2.75, 3.05) is 11.6 Å². The highest BCUT2D eigenvalue weighted by atomic mass is 35.5. The molecule has 4 rings (SSSR count). The Bertz CT molecular complexity index is 1280. The van der Waals surface area contributed by atoms with Gasteiger partial charge in [-0.05, 0) is 68.5 Å². The predicted molar refractivity (Wildman–Crippen MR) is 125 cm³/mol. The fraction of sp³-hybridized carbons (Fsp3) is 0.125. The van der Waals surface area contributed by atoms with Gasteiger partial charge in [-0.1, -0.05) is 29.3 Å². The van der Waals surface area contributed by atoms with Crippen molar-refractivity contribution in [2.24, 2.45) is 5.10 Å². The largest absolute Gasteiger partial charge is 0.462 e. The molecule has 0 spiro atoms. The quantitative estimate of drug-likeness (QED) is 0.328. The minimum absolute atomic E-state index is 0.249. The molecule has 0 N–H and O–H groups in total. The third kappa shape index (κ3) is 4.33. The van der Waals surface area contributed by atoms with Gasteiger partial charge in [0.25, 0.3) is 5.91 Å². The van der Waals surface area contributed by atoms with Crippen LogP contribution in [0.5, 0.6) is 0 Å². The fourth-order valence-electron chi connectivity index (χ4n) is 3.24. The van der Waals surface area contributed by atoms with Crippen molar-refractivity contribution in [3.8, 4) is 11.3 Å². The van der Waals surface area contributed by atoms with Gasteiger partial charge in [0.05, 0.1) is 34.2 Å². The molecule has 0 unspecified atom stereocenters. The van der Waals surface area contributed by atoms with Crippen LogP contribution in [0.15, 0.2) is 69.7 Å². The van der Waals surface area contributed by atoms with Crippen LogP contribution in [0.25, 0.3) is 17.4 Å². The molecule has 1 aliphatic heterocycles. The normalized spacial score (nSPS) is 14.8. The Labute approximate surface area is 194 Å². The van der Waals surface area contributed by atoms with Gasteiger partial charge in [-0.25, -0.2) is 4.79 Å². The van der Waals surface area contributed by atoms with Gasteiger partial charge in [-0.15, -0.1) is 0 Å². The first-order chi connectivity index (χ1) is 15.4. The summed E-state index contributed by atoms with van der Waals surface area (Å²) in [5.74, 6) is 0.209. The maximum Gasteiger partial charge on any atom is 0.339 e. The monoisotopic (exact) mass is 468 g/mol. The van der Waals surface area contributed by atoms with E-state index in [-0.39, 0.29) is 18.1 Å². The van der Waals surface area contributed by atoms with Crippen LogP contribution >= 0.6 is 23.2 Å². The van der Waals surface area contributed by atoms with Crippen LogP contribution < -0.4 is 5.01 Å². The van der Waals surface area contributed by atoms with Gasteiger partial charge in [0.1, 0.15) is 11.5 Å². The zero-order valence-corrected chi connectivity index (χ0v) is 18.8. The second-order valence-electron chi connectivity index (χ2n) is 6.96. The first-order valence-electron chi connectivity index (χ1n) is 9.81. The van der Waals surface area contributed by atoms with E-state index < -0.39 is 5.97 Å². The summed E-state index contributed by atoms with van der Waals surface area (Å²) >= 11 is 12.2. The van der Waals surface area contributed by atoms with Crippen LogP contribution in [-0.4, -0.2) is 24.2 Å². The summed E-state index contributed by atoms with van der Waals surface area (Å²) < 4.78 is 10.9. The molecule has 0 aliphatic carbocycles. The summed E-state index contributed by atoms with van der Waals surface area (Å²) in [6.45, 7) is 3.73. The molecule has 1 aliphatic rings. The molecule has 6 nitrogen and oxygen atoms in total. The summed E-state index contributed by atoms with van der Waals surface area (Å²) in [7, 11) is 0. The number of carbonyl (C=O) groups is 2. The van der Waals surface area contributed by atoms with Gasteiger partial charge in [-0.3, -0.25) is 4.79 Å². The predicted octanol–water partition coefficient (Wildman–Crippen LogP) is 6.24. The number of hydrogen-bond donors (Lipinski definition) is 0. The Morgan fingerprint density at radius 1 is 1.16 bits per heavy atom. The van der Waals surface area contributed by atoms with E-state index in [1.54, 1.807) is 74.5 Å². The molecule has 162 valence electrons. The summed E-state index contributed by atoms with van der Waals surface area (Å²) in [5, 5.41) is 6.47. The average Bonchev–Trinajstić information content (AvgIpc) is 3.34. The molecular formula is C24H18Cl2N2O4. The van der Waals surface area contributed by atoms with E-state index in [0.29, 0.717) is 44.1 Å². The number of esters is 1. The summed E-state index contributed by atoms with van der Waals surface area (Å²) in [5.41, 5.74) is 2.47. The maximum absolute atomic E-state index is 12.9. The van der Waals surface area contributed by atoms with Gasteiger partial charge < -0.3 is 9.15 Å². The maximum atomic E-state index is 12.9. The number of anilines is 1. The standard InChI is InChI=1S/C24H18Cl2N2O4/c1-3-31-24(30)20-11-15(7-9-21(20)26)22-10-8-18(32-22)13-19-14(2)27-28(23(19)29)17-6-4-5-16(25)12-17/h4-13H,3H2,1-2H3/b19-13-. The Hall–Kier alpha value is -3.35. The molecule has 0 bridgehead atoms. The molecule has 0 atom stereocenters. The molecule has 0 radical (unpaired) electrons. The van der Waals surface area contributed by atoms with Gasteiger partial charge in [0.2, 0.25) is 0 Å². The smallest absolute Gasteiger partial charge is 0.339 e. The second kappa shape index (κ2) is 9.02. The van der Waals surface area contributed by atoms with Gasteiger partial charge in [0, 0.05) is 10.6 Å². The van der Waals surface area contributed by atoms with Gasteiger partial charge in [0.15, 0.2) is 0 Å². The summed E-state index contributed by atoms with van der Waals surface area (Å²) in [6, 6.07) is 15.4. The topological polar surface area (TPSA) is 72.1 Å². The van der Waals surface area contributed by atoms with Crippen LogP contribution in [0, 0.1) is 0 Å². The zero-order valence-electron chi connectivity index (χ0n) is 17.3. The number of hydrogen-bond acceptors (Lipinski definition) is 5. The Kier molecular flexibility index (Phi) is 6.17. The van der Waals surface area contributed by atoms with Crippen LogP contribution in [0.3, 0.4) is 0 Å². The van der Waals surface area contributed by atoms with E-state index in [4.69, 9.17) is 32.4 Å². The number of amides is 1. The third-order valence-corrected chi connectivity index (χ3v) is 5.34. The number of hydrazone groups is 1. The van der Waals surface area contributed by atoms with E-state index >= 15 is 0 Å². The zero-order chi connectivity index (χ0) is 22.8. The van der Waals surface area contributed by atoms with E-state index in [0.717, 1.165) is 0 Å². The molecule has 0 saturated carbocycles. The van der Waals surface area contributed by atoms with Crippen molar-refractivity contribution < 1.29 is 18.7 Å². The van der Waals surface area contributed by atoms with Crippen LogP contribution in [0.4, 0.5) is 5.69 Å². The number of ether oxygens (including phenoxy) is 1. The van der Waals surface area contributed by atoms with E-state index in [1.165, 1.54) is 5.01 Å². The lowest BCUT2D eigenvalue weighted by atomic mass is 10.1. The van der Waals surface area contributed by atoms with Gasteiger partial charge in [-0.2, -0.15) is 10.1 Å². The fourth-order valence-corrected chi connectivity index (χ4v) is 3.62. The number of furan rings is 1. The van der Waals surface area contributed by atoms with Crippen LogP contribution in [0.1, 0.15) is 30.0 Å². The highest BCUT2D eigenvalue weighted by molar-refractivity contribution is 6.34. The number of rotatable bonds is 5. The van der Waals surface area contributed by atoms with Crippen molar-refractivity contribution in [2.45, 2.75) is 13.8 Å². The van der Waals surface area contributed by atoms with Crippen molar-refractivity contribution in [3.05, 3.63) is 81.5 Å².